The smallest absolute Gasteiger partial charge is 0.283 e. The van der Waals surface area contributed by atoms with Crippen LogP contribution in [0.1, 0.15) is 29.7 Å². The zero-order chi connectivity index (χ0) is 15.4. The Kier molecular flexibility index (Phi) is 5.09. The van der Waals surface area contributed by atoms with Crippen LogP contribution in [0, 0.1) is 17.0 Å². The topological polar surface area (TPSA) is 55.2 Å². The van der Waals surface area contributed by atoms with Gasteiger partial charge in [-0.1, -0.05) is 36.4 Å². The van der Waals surface area contributed by atoms with E-state index in [1.54, 1.807) is 6.07 Å². The number of nitrogens with zero attached hydrogens (tertiary/aromatic N) is 1. The highest BCUT2D eigenvalue weighted by molar-refractivity contribution is 9.10. The lowest BCUT2D eigenvalue weighted by atomic mass is 10.0. The maximum absolute atomic E-state index is 10.9. The van der Waals surface area contributed by atoms with E-state index in [1.807, 2.05) is 18.2 Å². The van der Waals surface area contributed by atoms with Crippen molar-refractivity contribution in [2.24, 2.45) is 0 Å². The Balaban J connectivity index is 2.12. The van der Waals surface area contributed by atoms with Crippen molar-refractivity contribution in [1.29, 1.82) is 0 Å². The minimum absolute atomic E-state index is 0.0952. The Bertz CT molecular complexity index is 658. The average molecular weight is 349 g/mol. The molecule has 2 rings (SSSR count). The lowest BCUT2D eigenvalue weighted by Gasteiger charge is -2.17. The molecule has 0 heterocycles. The maximum atomic E-state index is 10.9. The van der Waals surface area contributed by atoms with Gasteiger partial charge in [0.1, 0.15) is 0 Å². The van der Waals surface area contributed by atoms with Gasteiger partial charge < -0.3 is 5.32 Å². The van der Waals surface area contributed by atoms with E-state index in [4.69, 9.17) is 0 Å². The van der Waals surface area contributed by atoms with E-state index in [1.165, 1.54) is 17.2 Å². The minimum atomic E-state index is -0.377. The molecule has 0 radical (unpaired) electrons. The van der Waals surface area contributed by atoms with Crippen molar-refractivity contribution in [3.8, 4) is 0 Å². The molecule has 0 aliphatic carbocycles. The second-order valence-corrected chi connectivity index (χ2v) is 5.76. The summed E-state index contributed by atoms with van der Waals surface area (Å²) in [5.41, 5.74) is 3.44. The van der Waals surface area contributed by atoms with Gasteiger partial charge in [0, 0.05) is 18.7 Å². The third kappa shape index (κ3) is 3.68. The summed E-state index contributed by atoms with van der Waals surface area (Å²) < 4.78 is 0.541. The SMILES string of the molecule is Cc1ccccc1C(C)NCc1cccc([N+](=O)[O-])c1Br. The number of nitrogens with one attached hydrogen (secondary N) is 1. The molecule has 0 aliphatic heterocycles. The highest BCUT2D eigenvalue weighted by Gasteiger charge is 2.15. The predicted octanol–water partition coefficient (Wildman–Crippen LogP) is 4.52. The van der Waals surface area contributed by atoms with Crippen LogP contribution in [0.15, 0.2) is 46.9 Å². The molecule has 4 nitrogen and oxygen atoms in total. The van der Waals surface area contributed by atoms with E-state index in [-0.39, 0.29) is 16.7 Å². The van der Waals surface area contributed by atoms with Gasteiger partial charge in [-0.3, -0.25) is 10.1 Å². The van der Waals surface area contributed by atoms with E-state index in [9.17, 15) is 10.1 Å². The number of nitro groups is 1. The molecule has 0 aliphatic rings. The summed E-state index contributed by atoms with van der Waals surface area (Å²) >= 11 is 3.32. The third-order valence-electron chi connectivity index (χ3n) is 3.51. The van der Waals surface area contributed by atoms with Crippen LogP contribution >= 0.6 is 15.9 Å². The Morgan fingerprint density at radius 3 is 2.62 bits per heavy atom. The summed E-state index contributed by atoms with van der Waals surface area (Å²) in [6.07, 6.45) is 0. The molecule has 21 heavy (non-hydrogen) atoms. The van der Waals surface area contributed by atoms with Crippen LogP contribution in [0.25, 0.3) is 0 Å². The molecule has 0 saturated carbocycles. The van der Waals surface area contributed by atoms with Crippen LogP contribution in [0.2, 0.25) is 0 Å². The van der Waals surface area contributed by atoms with Crippen molar-refractivity contribution >= 4 is 21.6 Å². The largest absolute Gasteiger partial charge is 0.306 e. The van der Waals surface area contributed by atoms with Crippen LogP contribution in [-0.4, -0.2) is 4.92 Å². The quantitative estimate of drug-likeness (QED) is 0.638. The maximum Gasteiger partial charge on any atom is 0.283 e. The van der Waals surface area contributed by atoms with E-state index >= 15 is 0 Å². The summed E-state index contributed by atoms with van der Waals surface area (Å²) in [5.74, 6) is 0. The molecule has 1 N–H and O–H groups in total. The summed E-state index contributed by atoms with van der Waals surface area (Å²) in [7, 11) is 0. The number of rotatable bonds is 5. The average Bonchev–Trinajstić information content (AvgIpc) is 2.46. The molecule has 2 aromatic rings. The number of hydrogen-bond acceptors (Lipinski definition) is 3. The fraction of sp³-hybridized carbons (Fsp3) is 0.250. The van der Waals surface area contributed by atoms with E-state index < -0.39 is 0 Å². The minimum Gasteiger partial charge on any atom is -0.306 e. The number of nitro benzene ring substituents is 1. The lowest BCUT2D eigenvalue weighted by Crippen LogP contribution is -2.19. The molecule has 0 saturated heterocycles. The first-order valence-electron chi connectivity index (χ1n) is 6.71. The van der Waals surface area contributed by atoms with E-state index in [0.29, 0.717) is 11.0 Å². The molecule has 0 fully saturated rings. The summed E-state index contributed by atoms with van der Waals surface area (Å²) in [6, 6.07) is 13.5. The molecule has 0 bridgehead atoms. The van der Waals surface area contributed by atoms with Crippen molar-refractivity contribution in [3.63, 3.8) is 0 Å². The summed E-state index contributed by atoms with van der Waals surface area (Å²) in [6.45, 7) is 4.74. The molecular weight excluding hydrogens is 332 g/mol. The lowest BCUT2D eigenvalue weighted by molar-refractivity contribution is -0.385. The number of aryl methyl sites for hydroxylation is 1. The summed E-state index contributed by atoms with van der Waals surface area (Å²) in [4.78, 5) is 10.6. The molecule has 1 unspecified atom stereocenters. The van der Waals surface area contributed by atoms with Gasteiger partial charge in [0.2, 0.25) is 0 Å². The highest BCUT2D eigenvalue weighted by Crippen LogP contribution is 2.28. The second-order valence-electron chi connectivity index (χ2n) is 4.97. The van der Waals surface area contributed by atoms with Crippen molar-refractivity contribution in [2.45, 2.75) is 26.4 Å². The van der Waals surface area contributed by atoms with E-state index in [2.05, 4.69) is 47.2 Å². The number of halogens is 1. The standard InChI is InChI=1S/C16H17BrN2O2/c1-11-6-3-4-8-14(11)12(2)18-10-13-7-5-9-15(16(13)17)19(20)21/h3-9,12,18H,10H2,1-2H3. The normalized spacial score (nSPS) is 12.1. The van der Waals surface area contributed by atoms with Crippen LogP contribution in [0.5, 0.6) is 0 Å². The van der Waals surface area contributed by atoms with Gasteiger partial charge >= 0.3 is 0 Å². The van der Waals surface area contributed by atoms with Gasteiger partial charge in [-0.2, -0.15) is 0 Å². The van der Waals surface area contributed by atoms with Gasteiger partial charge in [-0.05, 0) is 46.5 Å². The fourth-order valence-electron chi connectivity index (χ4n) is 2.29. The Labute approximate surface area is 132 Å². The fourth-order valence-corrected chi connectivity index (χ4v) is 2.84. The predicted molar refractivity (Wildman–Crippen MR) is 87.2 cm³/mol. The first-order chi connectivity index (χ1) is 10.0. The number of hydrogen-bond donors (Lipinski definition) is 1. The molecule has 1 atom stereocenters. The molecule has 2 aromatic carbocycles. The first kappa shape index (κ1) is 15.7. The summed E-state index contributed by atoms with van der Waals surface area (Å²) in [5, 5.41) is 14.3. The molecular formula is C16H17BrN2O2. The Hall–Kier alpha value is -1.72. The number of benzene rings is 2. The Morgan fingerprint density at radius 2 is 1.95 bits per heavy atom. The zero-order valence-electron chi connectivity index (χ0n) is 12.0. The van der Waals surface area contributed by atoms with Gasteiger partial charge in [0.15, 0.2) is 0 Å². The zero-order valence-corrected chi connectivity index (χ0v) is 13.6. The monoisotopic (exact) mass is 348 g/mol. The van der Waals surface area contributed by atoms with Crippen LogP contribution < -0.4 is 5.32 Å². The first-order valence-corrected chi connectivity index (χ1v) is 7.50. The van der Waals surface area contributed by atoms with Gasteiger partial charge in [-0.25, -0.2) is 0 Å². The van der Waals surface area contributed by atoms with Crippen molar-refractivity contribution in [3.05, 3.63) is 73.7 Å². The van der Waals surface area contributed by atoms with Crippen molar-refractivity contribution < 1.29 is 4.92 Å². The second kappa shape index (κ2) is 6.83. The highest BCUT2D eigenvalue weighted by atomic mass is 79.9. The van der Waals surface area contributed by atoms with Crippen LogP contribution in [0.4, 0.5) is 5.69 Å². The van der Waals surface area contributed by atoms with Crippen LogP contribution in [-0.2, 0) is 6.54 Å². The molecule has 0 aromatic heterocycles. The van der Waals surface area contributed by atoms with Crippen molar-refractivity contribution in [2.75, 3.05) is 0 Å². The van der Waals surface area contributed by atoms with Gasteiger partial charge in [-0.15, -0.1) is 0 Å². The third-order valence-corrected chi connectivity index (χ3v) is 4.42. The van der Waals surface area contributed by atoms with E-state index in [0.717, 1.165) is 5.56 Å². The van der Waals surface area contributed by atoms with Gasteiger partial charge in [0.05, 0.1) is 9.40 Å². The molecule has 110 valence electrons. The molecule has 5 heteroatoms. The Morgan fingerprint density at radius 1 is 1.24 bits per heavy atom. The molecule has 0 spiro atoms. The van der Waals surface area contributed by atoms with Gasteiger partial charge in [0.25, 0.3) is 5.69 Å². The molecule has 0 amide bonds. The van der Waals surface area contributed by atoms with Crippen molar-refractivity contribution in [1.82, 2.24) is 5.32 Å². The van der Waals surface area contributed by atoms with Crippen LogP contribution in [0.3, 0.4) is 0 Å².